The molecule has 4 amide bonds. The number of unbranched alkanes of at least 4 members (excludes halogenated alkanes) is 1. The SMILES string of the molecule is CNC(=O)[C@H](CCCCN=[N+]=[N-])NC(=O)[C@@H](CC(C)C)NC(=O)[C@H](NC(=O)OC(C)(C)C)c1cc(C#C[Si](C(C)C)(C(C)C)C(C)C)c(OC(C)=O)c(C#C[Si](C(C)C)(C(C)C)C(C)C)c1. The minimum atomic E-state index is -2.38. The van der Waals surface area contributed by atoms with Gasteiger partial charge in [-0.3, -0.25) is 19.2 Å². The van der Waals surface area contributed by atoms with Crippen LogP contribution in [0, 0.1) is 28.8 Å². The van der Waals surface area contributed by atoms with Crippen LogP contribution < -0.4 is 26.0 Å². The summed E-state index contributed by atoms with van der Waals surface area (Å²) in [6.45, 7) is 36.9. The number of hydrogen-bond acceptors (Lipinski definition) is 8. The van der Waals surface area contributed by atoms with Gasteiger partial charge < -0.3 is 30.7 Å². The predicted octanol–water partition coefficient (Wildman–Crippen LogP) is 10.6. The summed E-state index contributed by atoms with van der Waals surface area (Å²) in [7, 11) is -3.30. The maximum absolute atomic E-state index is 14.9. The molecule has 0 fully saturated rings. The number of esters is 1. The van der Waals surface area contributed by atoms with Crippen LogP contribution in [0.4, 0.5) is 4.79 Å². The fourth-order valence-electron chi connectivity index (χ4n) is 9.45. The van der Waals surface area contributed by atoms with Crippen molar-refractivity contribution >= 4 is 45.9 Å². The maximum atomic E-state index is 14.9. The Hall–Kier alpha value is -4.77. The van der Waals surface area contributed by atoms with E-state index >= 15 is 0 Å². The Balaban J connectivity index is 4.47. The predicted molar refractivity (Wildman–Crippen MR) is 271 cm³/mol. The van der Waals surface area contributed by atoms with Crippen molar-refractivity contribution in [2.75, 3.05) is 13.6 Å². The van der Waals surface area contributed by atoms with Crippen molar-refractivity contribution in [3.8, 4) is 28.7 Å². The van der Waals surface area contributed by atoms with Crippen molar-refractivity contribution in [3.05, 3.63) is 39.3 Å². The highest BCUT2D eigenvalue weighted by atomic mass is 28.3. The molecule has 368 valence electrons. The monoisotopic (exact) mass is 950 g/mol. The summed E-state index contributed by atoms with van der Waals surface area (Å²) in [5.74, 6) is 4.73. The van der Waals surface area contributed by atoms with Crippen LogP contribution in [0.5, 0.6) is 5.75 Å². The van der Waals surface area contributed by atoms with E-state index < -0.39 is 69.7 Å². The van der Waals surface area contributed by atoms with Gasteiger partial charge in [-0.25, -0.2) is 4.79 Å². The average Bonchev–Trinajstić information content (AvgIpc) is 3.18. The van der Waals surface area contributed by atoms with Crippen molar-refractivity contribution in [1.29, 1.82) is 0 Å². The number of carbonyl (C=O) groups excluding carboxylic acids is 5. The molecule has 0 heterocycles. The van der Waals surface area contributed by atoms with Crippen LogP contribution in [-0.2, 0) is 23.9 Å². The van der Waals surface area contributed by atoms with Gasteiger partial charge in [0.2, 0.25) is 17.7 Å². The van der Waals surface area contributed by atoms with Gasteiger partial charge in [0.05, 0.1) is 11.1 Å². The summed E-state index contributed by atoms with van der Waals surface area (Å²) < 4.78 is 11.7. The van der Waals surface area contributed by atoms with E-state index in [4.69, 9.17) is 15.0 Å². The van der Waals surface area contributed by atoms with Gasteiger partial charge in [0.15, 0.2) is 5.75 Å². The smallest absolute Gasteiger partial charge is 0.408 e. The number of benzene rings is 1. The normalized spacial score (nSPS) is 13.3. The molecule has 0 unspecified atom stereocenters. The lowest BCUT2D eigenvalue weighted by atomic mass is 9.97. The first kappa shape index (κ1) is 59.3. The van der Waals surface area contributed by atoms with E-state index in [2.05, 4.69) is 137 Å². The number of nitrogens with one attached hydrogen (secondary N) is 4. The summed E-state index contributed by atoms with van der Waals surface area (Å²) >= 11 is 0. The fraction of sp³-hybridized carbons (Fsp3) is 0.700. The molecule has 0 aliphatic carbocycles. The first-order valence-electron chi connectivity index (χ1n) is 23.8. The third-order valence-corrected chi connectivity index (χ3v) is 25.0. The zero-order chi connectivity index (χ0) is 50.9. The van der Waals surface area contributed by atoms with E-state index in [0.717, 1.165) is 0 Å². The molecule has 0 saturated heterocycles. The number of azide groups is 1. The van der Waals surface area contributed by atoms with Crippen molar-refractivity contribution in [2.45, 2.75) is 207 Å². The maximum Gasteiger partial charge on any atom is 0.408 e. The van der Waals surface area contributed by atoms with Crippen molar-refractivity contribution in [1.82, 2.24) is 21.3 Å². The van der Waals surface area contributed by atoms with Gasteiger partial charge in [0, 0.05) is 25.4 Å². The number of alkyl carbamates (subject to hydrolysis) is 1. The van der Waals surface area contributed by atoms with E-state index in [9.17, 15) is 24.0 Å². The lowest BCUT2D eigenvalue weighted by molar-refractivity contribution is -0.133. The van der Waals surface area contributed by atoms with Crippen LogP contribution in [0.1, 0.15) is 173 Å². The van der Waals surface area contributed by atoms with Gasteiger partial charge in [0.25, 0.3) is 0 Å². The first-order chi connectivity index (χ1) is 30.5. The minimum absolute atomic E-state index is 0.0769. The van der Waals surface area contributed by atoms with Crippen molar-refractivity contribution < 1.29 is 33.4 Å². The third-order valence-electron chi connectivity index (χ3n) is 12.5. The number of ether oxygens (including phenoxy) is 2. The van der Waals surface area contributed by atoms with Gasteiger partial charge in [-0.05, 0) is 102 Å². The van der Waals surface area contributed by atoms with E-state index in [1.54, 1.807) is 32.9 Å². The van der Waals surface area contributed by atoms with Gasteiger partial charge in [-0.15, -0.1) is 11.1 Å². The fourth-order valence-corrected chi connectivity index (χ4v) is 19.9. The molecule has 1 aromatic carbocycles. The minimum Gasteiger partial charge on any atom is -0.444 e. The summed E-state index contributed by atoms with van der Waals surface area (Å²) in [5.41, 5.74) is 17.8. The van der Waals surface area contributed by atoms with Crippen LogP contribution in [0.3, 0.4) is 0 Å². The number of amides is 4. The van der Waals surface area contributed by atoms with Gasteiger partial charge in [-0.2, -0.15) is 0 Å². The highest BCUT2D eigenvalue weighted by molar-refractivity contribution is 6.91. The second kappa shape index (κ2) is 26.5. The highest BCUT2D eigenvalue weighted by Crippen LogP contribution is 2.42. The molecule has 0 aromatic heterocycles. The zero-order valence-electron chi connectivity index (χ0n) is 43.7. The zero-order valence-corrected chi connectivity index (χ0v) is 45.7. The quantitative estimate of drug-likeness (QED) is 0.0137. The number of rotatable bonds is 21. The number of nitrogens with zero attached hydrogens (tertiary/aromatic N) is 3. The molecule has 66 heavy (non-hydrogen) atoms. The third kappa shape index (κ3) is 16.8. The molecule has 1 aromatic rings. The number of hydrogen-bond donors (Lipinski definition) is 4. The Morgan fingerprint density at radius 1 is 0.697 bits per heavy atom. The first-order valence-corrected chi connectivity index (χ1v) is 28.2. The average molecular weight is 950 g/mol. The standard InChI is InChI=1S/C50H83N7O7Si2/c1-31(2)28-43(47(60)54-42(46(59)52-19)22-20-21-25-53-57-51)55-48(61)44(56-49(62)64-50(16,17)18)41-29-39(23-26-65(32(3)4,33(5)6)34(7)8)45(63-38(15)58)40(30-41)24-27-66(35(9)10,36(11)12)37(13)14/h29-37,42-44H,20-22,25,28H2,1-19H3,(H,52,59)(H,54,60)(H,55,61)(H,56,62)/t42-,43+,44+/m0/s1. The molecular weight excluding hydrogens is 867 g/mol. The number of carbonyl (C=O) groups is 5. The lowest BCUT2D eigenvalue weighted by Gasteiger charge is -2.38. The van der Waals surface area contributed by atoms with E-state index in [-0.39, 0.29) is 69.9 Å². The Bertz CT molecular complexity index is 1900. The summed E-state index contributed by atoms with van der Waals surface area (Å²) in [5, 5.41) is 14.6. The van der Waals surface area contributed by atoms with Crippen molar-refractivity contribution in [2.24, 2.45) is 11.0 Å². The number of likely N-dealkylation sites (N-methyl/N-ethyl adjacent to an activating group) is 1. The molecule has 0 aliphatic rings. The summed E-state index contributed by atoms with van der Waals surface area (Å²) in [6.07, 6.45) is 0.588. The van der Waals surface area contributed by atoms with Crippen LogP contribution in [-0.4, -0.2) is 77.2 Å². The van der Waals surface area contributed by atoms with Crippen molar-refractivity contribution in [3.63, 3.8) is 0 Å². The van der Waals surface area contributed by atoms with E-state index in [1.165, 1.54) is 14.0 Å². The Kier molecular flexibility index (Phi) is 23.8. The molecule has 0 bridgehead atoms. The van der Waals surface area contributed by atoms with E-state index in [0.29, 0.717) is 24.0 Å². The second-order valence-corrected chi connectivity index (χ2v) is 31.9. The van der Waals surface area contributed by atoms with Crippen LogP contribution in [0.2, 0.25) is 33.2 Å². The molecule has 0 saturated carbocycles. The molecule has 0 spiro atoms. The topological polar surface area (TPSA) is 201 Å². The van der Waals surface area contributed by atoms with Gasteiger partial charge in [0.1, 0.15) is 39.9 Å². The van der Waals surface area contributed by atoms with E-state index in [1.807, 2.05) is 13.8 Å². The van der Waals surface area contributed by atoms with Gasteiger partial charge in [-0.1, -0.05) is 120 Å². The van der Waals surface area contributed by atoms with Crippen LogP contribution >= 0.6 is 0 Å². The summed E-state index contributed by atoms with van der Waals surface area (Å²) in [4.78, 5) is 71.5. The summed E-state index contributed by atoms with van der Waals surface area (Å²) in [6, 6.07) is -0.186. The Morgan fingerprint density at radius 2 is 1.15 bits per heavy atom. The van der Waals surface area contributed by atoms with Gasteiger partial charge >= 0.3 is 12.1 Å². The second-order valence-electron chi connectivity index (χ2n) is 20.7. The van der Waals surface area contributed by atoms with Crippen LogP contribution in [0.15, 0.2) is 17.2 Å². The van der Waals surface area contributed by atoms with Crippen LogP contribution in [0.25, 0.3) is 10.4 Å². The molecule has 16 heteroatoms. The largest absolute Gasteiger partial charge is 0.444 e. The molecule has 1 rings (SSSR count). The Morgan fingerprint density at radius 3 is 1.53 bits per heavy atom. The molecular formula is C50H83N7O7Si2. The molecule has 4 N–H and O–H groups in total. The highest BCUT2D eigenvalue weighted by Gasteiger charge is 2.43. The molecule has 3 atom stereocenters. The molecule has 0 radical (unpaired) electrons. The Labute approximate surface area is 399 Å². The molecule has 14 nitrogen and oxygen atoms in total. The molecule has 0 aliphatic heterocycles. The lowest BCUT2D eigenvalue weighted by Crippen LogP contribution is -2.55.